The van der Waals surface area contributed by atoms with Crippen LogP contribution in [0.2, 0.25) is 0 Å². The first kappa shape index (κ1) is 20.8. The van der Waals surface area contributed by atoms with Crippen molar-refractivity contribution in [2.45, 2.75) is 47.1 Å². The molecule has 0 atom stereocenters. The minimum absolute atomic E-state index is 0.765. The number of nitrogens with one attached hydrogen (secondary N) is 2. The number of hydrogen-bond donors (Lipinski definition) is 2. The van der Waals surface area contributed by atoms with Gasteiger partial charge in [-0.3, -0.25) is 9.67 Å². The maximum Gasteiger partial charge on any atom is 0.191 e. The van der Waals surface area contributed by atoms with Crippen LogP contribution in [0.25, 0.3) is 0 Å². The molecule has 1 heterocycles. The van der Waals surface area contributed by atoms with Gasteiger partial charge in [-0.2, -0.15) is 5.10 Å². The molecule has 0 unspecified atom stereocenters. The molecule has 0 bridgehead atoms. The van der Waals surface area contributed by atoms with Crippen molar-refractivity contribution in [1.82, 2.24) is 20.4 Å². The van der Waals surface area contributed by atoms with Gasteiger partial charge in [0.1, 0.15) is 5.75 Å². The van der Waals surface area contributed by atoms with Crippen LogP contribution < -0.4 is 15.4 Å². The molecule has 2 rings (SSSR count). The Labute approximate surface area is 163 Å². The molecule has 1 aromatic heterocycles. The van der Waals surface area contributed by atoms with Crippen LogP contribution in [0.3, 0.4) is 0 Å². The summed E-state index contributed by atoms with van der Waals surface area (Å²) in [6.45, 7) is 11.6. The highest BCUT2D eigenvalue weighted by molar-refractivity contribution is 5.79. The largest absolute Gasteiger partial charge is 0.496 e. The van der Waals surface area contributed by atoms with Crippen molar-refractivity contribution >= 4 is 5.96 Å². The number of aromatic nitrogens is 2. The molecule has 27 heavy (non-hydrogen) atoms. The van der Waals surface area contributed by atoms with E-state index in [-0.39, 0.29) is 0 Å². The second-order valence-electron chi connectivity index (χ2n) is 6.76. The summed E-state index contributed by atoms with van der Waals surface area (Å²) in [4.78, 5) is 4.68. The van der Waals surface area contributed by atoms with E-state index in [1.54, 1.807) is 7.11 Å². The number of nitrogens with zero attached hydrogens (tertiary/aromatic N) is 3. The summed E-state index contributed by atoms with van der Waals surface area (Å²) in [5, 5.41) is 11.2. The van der Waals surface area contributed by atoms with Gasteiger partial charge in [-0.15, -0.1) is 0 Å². The van der Waals surface area contributed by atoms with Crippen LogP contribution in [0.5, 0.6) is 5.75 Å². The number of methoxy groups -OCH3 is 1. The third kappa shape index (κ3) is 6.62. The molecular formula is C21H33N5O. The maximum atomic E-state index is 5.46. The topological polar surface area (TPSA) is 63.5 Å². The Morgan fingerprint density at radius 2 is 2.00 bits per heavy atom. The van der Waals surface area contributed by atoms with Gasteiger partial charge < -0.3 is 15.4 Å². The average Bonchev–Trinajstić information content (AvgIpc) is 2.96. The molecule has 1 aromatic carbocycles. The number of aryl methyl sites for hydroxylation is 4. The van der Waals surface area contributed by atoms with Crippen LogP contribution in [0.1, 0.15) is 35.9 Å². The first-order chi connectivity index (χ1) is 13.0. The van der Waals surface area contributed by atoms with Gasteiger partial charge in [-0.25, -0.2) is 0 Å². The minimum Gasteiger partial charge on any atom is -0.496 e. The van der Waals surface area contributed by atoms with Crippen molar-refractivity contribution < 1.29 is 4.74 Å². The molecular weight excluding hydrogens is 338 g/mol. The van der Waals surface area contributed by atoms with Gasteiger partial charge in [-0.05, 0) is 58.2 Å². The van der Waals surface area contributed by atoms with Crippen LogP contribution in [0, 0.1) is 20.8 Å². The normalized spacial score (nSPS) is 11.5. The molecule has 0 fully saturated rings. The Morgan fingerprint density at radius 3 is 2.67 bits per heavy atom. The van der Waals surface area contributed by atoms with Crippen molar-refractivity contribution in [3.63, 3.8) is 0 Å². The van der Waals surface area contributed by atoms with Gasteiger partial charge in [0.2, 0.25) is 0 Å². The summed E-state index contributed by atoms with van der Waals surface area (Å²) < 4.78 is 7.51. The second kappa shape index (κ2) is 10.6. The number of aliphatic imine (C=N–C) groups is 1. The van der Waals surface area contributed by atoms with Crippen molar-refractivity contribution in [2.24, 2.45) is 4.99 Å². The molecule has 0 saturated heterocycles. The molecule has 2 N–H and O–H groups in total. The lowest BCUT2D eigenvalue weighted by Gasteiger charge is -2.13. The standard InChI is InChI=1S/C21H33N5O/c1-6-22-21(23-11-7-13-26-18(4)15-17(3)25-26)24-12-10-19-14-16(2)8-9-20(19)27-5/h8-9,14-15H,6-7,10-13H2,1-5H3,(H2,22,23,24). The van der Waals surface area contributed by atoms with Gasteiger partial charge in [-0.1, -0.05) is 17.7 Å². The Kier molecular flexibility index (Phi) is 8.17. The summed E-state index contributed by atoms with van der Waals surface area (Å²) in [7, 11) is 1.72. The van der Waals surface area contributed by atoms with Gasteiger partial charge >= 0.3 is 0 Å². The number of benzene rings is 1. The molecule has 0 aliphatic carbocycles. The predicted octanol–water partition coefficient (Wildman–Crippen LogP) is 3.00. The number of ether oxygens (including phenoxy) is 1. The van der Waals surface area contributed by atoms with E-state index in [4.69, 9.17) is 4.74 Å². The average molecular weight is 372 g/mol. The molecule has 2 aromatic rings. The van der Waals surface area contributed by atoms with Crippen molar-refractivity contribution in [1.29, 1.82) is 0 Å². The lowest BCUT2D eigenvalue weighted by Crippen LogP contribution is -2.38. The summed E-state index contributed by atoms with van der Waals surface area (Å²) in [5.41, 5.74) is 4.73. The Bertz CT molecular complexity index is 751. The zero-order valence-electron chi connectivity index (χ0n) is 17.3. The Hall–Kier alpha value is -2.50. The highest BCUT2D eigenvalue weighted by Gasteiger charge is 2.04. The van der Waals surface area contributed by atoms with Gasteiger partial charge in [0.05, 0.1) is 12.8 Å². The third-order valence-electron chi connectivity index (χ3n) is 4.37. The zero-order chi connectivity index (χ0) is 19.6. The summed E-state index contributed by atoms with van der Waals surface area (Å²) in [6, 6.07) is 8.39. The van der Waals surface area contributed by atoms with Crippen LogP contribution >= 0.6 is 0 Å². The number of rotatable bonds is 9. The molecule has 0 aliphatic rings. The van der Waals surface area contributed by atoms with Gasteiger partial charge in [0.25, 0.3) is 0 Å². The van der Waals surface area contributed by atoms with Crippen LogP contribution in [0.15, 0.2) is 29.3 Å². The van der Waals surface area contributed by atoms with Crippen LogP contribution in [-0.2, 0) is 13.0 Å². The van der Waals surface area contributed by atoms with Gasteiger partial charge in [0, 0.05) is 31.9 Å². The lowest BCUT2D eigenvalue weighted by atomic mass is 10.1. The molecule has 0 aliphatic heterocycles. The van der Waals surface area contributed by atoms with Gasteiger partial charge in [0.15, 0.2) is 5.96 Å². The maximum absolute atomic E-state index is 5.46. The molecule has 0 amide bonds. The third-order valence-corrected chi connectivity index (χ3v) is 4.37. The smallest absolute Gasteiger partial charge is 0.191 e. The summed E-state index contributed by atoms with van der Waals surface area (Å²) in [6.07, 6.45) is 1.85. The van der Waals surface area contributed by atoms with E-state index in [1.165, 1.54) is 16.8 Å². The van der Waals surface area contributed by atoms with Crippen LogP contribution in [-0.4, -0.2) is 42.5 Å². The fraction of sp³-hybridized carbons (Fsp3) is 0.524. The highest BCUT2D eigenvalue weighted by atomic mass is 16.5. The number of hydrogen-bond acceptors (Lipinski definition) is 3. The molecule has 148 valence electrons. The lowest BCUT2D eigenvalue weighted by molar-refractivity contribution is 0.409. The predicted molar refractivity (Wildman–Crippen MR) is 112 cm³/mol. The van der Waals surface area contributed by atoms with Crippen molar-refractivity contribution in [2.75, 3.05) is 26.7 Å². The van der Waals surface area contributed by atoms with Crippen LogP contribution in [0.4, 0.5) is 0 Å². The van der Waals surface area contributed by atoms with E-state index in [9.17, 15) is 0 Å². The van der Waals surface area contributed by atoms with Crippen molar-refractivity contribution in [3.8, 4) is 5.75 Å². The van der Waals surface area contributed by atoms with E-state index in [0.29, 0.717) is 0 Å². The first-order valence-electron chi connectivity index (χ1n) is 9.70. The molecule has 0 saturated carbocycles. The Balaban J connectivity index is 1.83. The molecule has 6 nitrogen and oxygen atoms in total. The van der Waals surface area contributed by atoms with E-state index >= 15 is 0 Å². The summed E-state index contributed by atoms with van der Waals surface area (Å²) in [5.74, 6) is 1.80. The summed E-state index contributed by atoms with van der Waals surface area (Å²) >= 11 is 0. The fourth-order valence-corrected chi connectivity index (χ4v) is 3.07. The van der Waals surface area contributed by atoms with Crippen molar-refractivity contribution in [3.05, 3.63) is 46.8 Å². The molecule has 0 spiro atoms. The number of guanidine groups is 1. The van der Waals surface area contributed by atoms with E-state index in [0.717, 1.165) is 56.4 Å². The monoisotopic (exact) mass is 371 g/mol. The second-order valence-corrected chi connectivity index (χ2v) is 6.76. The SMILES string of the molecule is CCNC(=NCCCn1nc(C)cc1C)NCCc1cc(C)ccc1OC. The zero-order valence-corrected chi connectivity index (χ0v) is 17.3. The quantitative estimate of drug-likeness (QED) is 0.404. The van der Waals surface area contributed by atoms with E-state index < -0.39 is 0 Å². The minimum atomic E-state index is 0.765. The van der Waals surface area contributed by atoms with E-state index in [2.05, 4.69) is 64.4 Å². The first-order valence-corrected chi connectivity index (χ1v) is 9.70. The Morgan fingerprint density at radius 1 is 1.19 bits per heavy atom. The fourth-order valence-electron chi connectivity index (χ4n) is 3.07. The van der Waals surface area contributed by atoms with E-state index in [1.807, 2.05) is 13.0 Å². The molecule has 6 heteroatoms. The highest BCUT2D eigenvalue weighted by Crippen LogP contribution is 2.19. The molecule has 0 radical (unpaired) electrons.